The molecule has 0 unspecified atom stereocenters. The molecule has 6 nitrogen and oxygen atoms in total. The van der Waals surface area contributed by atoms with Gasteiger partial charge >= 0.3 is 12.2 Å². The maximum absolute atomic E-state index is 11.5. The van der Waals surface area contributed by atoms with E-state index in [-0.39, 0.29) is 13.1 Å². The summed E-state index contributed by atoms with van der Waals surface area (Å²) in [6.07, 6.45) is -1.16. The molecule has 22 heavy (non-hydrogen) atoms. The highest BCUT2D eigenvalue weighted by molar-refractivity contribution is 5.71. The summed E-state index contributed by atoms with van der Waals surface area (Å²) >= 11 is 0. The van der Waals surface area contributed by atoms with Gasteiger partial charge in [-0.15, -0.1) is 0 Å². The van der Waals surface area contributed by atoms with E-state index < -0.39 is 12.2 Å². The summed E-state index contributed by atoms with van der Waals surface area (Å²) in [6.45, 7) is 0.463. The molecule has 0 saturated carbocycles. The summed E-state index contributed by atoms with van der Waals surface area (Å²) in [7, 11) is 0. The Bertz CT molecular complexity index is 547. The summed E-state index contributed by atoms with van der Waals surface area (Å²) in [6, 6.07) is 17.4. The highest BCUT2D eigenvalue weighted by Gasteiger charge is 2.05. The van der Waals surface area contributed by atoms with Gasteiger partial charge in [0.1, 0.15) is 11.5 Å². The van der Waals surface area contributed by atoms with E-state index in [9.17, 15) is 9.59 Å². The molecule has 0 bridgehead atoms. The zero-order valence-electron chi connectivity index (χ0n) is 11.8. The average molecular weight is 300 g/mol. The summed E-state index contributed by atoms with van der Waals surface area (Å²) in [5.74, 6) is 0.910. The number of hydrogen-bond donors (Lipinski definition) is 2. The minimum atomic E-state index is -0.579. The lowest BCUT2D eigenvalue weighted by Crippen LogP contribution is -2.37. The molecule has 2 N–H and O–H groups in total. The van der Waals surface area contributed by atoms with Crippen LogP contribution in [0.4, 0.5) is 9.59 Å². The Morgan fingerprint density at radius 3 is 1.41 bits per heavy atom. The van der Waals surface area contributed by atoms with Crippen LogP contribution in [0.1, 0.15) is 0 Å². The molecule has 0 fully saturated rings. The number of carbonyl (C=O) groups is 2. The van der Waals surface area contributed by atoms with Crippen molar-refractivity contribution in [3.8, 4) is 11.5 Å². The zero-order chi connectivity index (χ0) is 15.6. The minimum absolute atomic E-state index is 0.232. The maximum Gasteiger partial charge on any atom is 0.412 e. The van der Waals surface area contributed by atoms with Gasteiger partial charge in [0.25, 0.3) is 0 Å². The Hall–Kier alpha value is -3.02. The third-order valence-corrected chi connectivity index (χ3v) is 2.57. The van der Waals surface area contributed by atoms with Crippen LogP contribution in [0.2, 0.25) is 0 Å². The largest absolute Gasteiger partial charge is 0.412 e. The van der Waals surface area contributed by atoms with Gasteiger partial charge in [-0.1, -0.05) is 36.4 Å². The van der Waals surface area contributed by atoms with Crippen LogP contribution in [0.5, 0.6) is 11.5 Å². The van der Waals surface area contributed by atoms with Crippen LogP contribution in [0.15, 0.2) is 60.7 Å². The number of carbonyl (C=O) groups excluding carboxylic acids is 2. The normalized spacial score (nSPS) is 9.64. The molecule has 0 aliphatic rings. The topological polar surface area (TPSA) is 76.7 Å². The number of para-hydroxylation sites is 2. The highest BCUT2D eigenvalue weighted by Crippen LogP contribution is 2.08. The monoisotopic (exact) mass is 300 g/mol. The van der Waals surface area contributed by atoms with Crippen LogP contribution in [-0.4, -0.2) is 25.3 Å². The molecular formula is C16H16N2O4. The molecule has 0 spiro atoms. The molecule has 114 valence electrons. The van der Waals surface area contributed by atoms with Crippen LogP contribution in [0.3, 0.4) is 0 Å². The van der Waals surface area contributed by atoms with Gasteiger partial charge in [-0.2, -0.15) is 0 Å². The van der Waals surface area contributed by atoms with E-state index >= 15 is 0 Å². The average Bonchev–Trinajstić information content (AvgIpc) is 2.53. The fourth-order valence-electron chi connectivity index (χ4n) is 1.59. The van der Waals surface area contributed by atoms with Crippen molar-refractivity contribution >= 4 is 12.2 Å². The van der Waals surface area contributed by atoms with Crippen LogP contribution in [-0.2, 0) is 0 Å². The predicted octanol–water partition coefficient (Wildman–Crippen LogP) is 2.56. The highest BCUT2D eigenvalue weighted by atomic mass is 16.6. The Kier molecular flexibility index (Phi) is 5.80. The van der Waals surface area contributed by atoms with E-state index in [0.717, 1.165) is 0 Å². The van der Waals surface area contributed by atoms with Crippen molar-refractivity contribution < 1.29 is 19.1 Å². The second-order valence-corrected chi connectivity index (χ2v) is 4.26. The Morgan fingerprint density at radius 1 is 0.682 bits per heavy atom. The number of benzene rings is 2. The van der Waals surface area contributed by atoms with Gasteiger partial charge < -0.3 is 20.1 Å². The lowest BCUT2D eigenvalue weighted by molar-refractivity contribution is 0.195. The maximum atomic E-state index is 11.5. The van der Waals surface area contributed by atoms with Crippen molar-refractivity contribution in [1.82, 2.24) is 10.6 Å². The number of rotatable bonds is 5. The predicted molar refractivity (Wildman–Crippen MR) is 80.9 cm³/mol. The molecule has 0 radical (unpaired) electrons. The van der Waals surface area contributed by atoms with Gasteiger partial charge in [0.05, 0.1) is 0 Å². The molecule has 0 aliphatic heterocycles. The summed E-state index contributed by atoms with van der Waals surface area (Å²) in [4.78, 5) is 22.9. The number of hydrogen-bond acceptors (Lipinski definition) is 4. The van der Waals surface area contributed by atoms with Gasteiger partial charge in [0, 0.05) is 13.1 Å². The van der Waals surface area contributed by atoms with Gasteiger partial charge in [0.15, 0.2) is 0 Å². The molecular weight excluding hydrogens is 284 g/mol. The summed E-state index contributed by atoms with van der Waals surface area (Å²) in [5, 5.41) is 5.04. The Labute approximate surface area is 128 Å². The lowest BCUT2D eigenvalue weighted by Gasteiger charge is -2.08. The third kappa shape index (κ3) is 5.54. The molecule has 2 rings (SSSR count). The van der Waals surface area contributed by atoms with Crippen LogP contribution in [0, 0.1) is 0 Å². The lowest BCUT2D eigenvalue weighted by atomic mass is 10.3. The van der Waals surface area contributed by atoms with Crippen LogP contribution < -0.4 is 20.1 Å². The molecule has 0 aromatic heterocycles. The molecule has 2 amide bonds. The van der Waals surface area contributed by atoms with Gasteiger partial charge in [-0.25, -0.2) is 9.59 Å². The first-order valence-electron chi connectivity index (χ1n) is 6.75. The van der Waals surface area contributed by atoms with E-state index in [2.05, 4.69) is 10.6 Å². The second-order valence-electron chi connectivity index (χ2n) is 4.26. The molecule has 6 heteroatoms. The fourth-order valence-corrected chi connectivity index (χ4v) is 1.59. The third-order valence-electron chi connectivity index (χ3n) is 2.57. The Morgan fingerprint density at radius 2 is 1.05 bits per heavy atom. The van der Waals surface area contributed by atoms with Crippen molar-refractivity contribution in [3.05, 3.63) is 60.7 Å². The van der Waals surface area contributed by atoms with E-state index in [1.54, 1.807) is 48.5 Å². The molecule has 2 aromatic rings. The van der Waals surface area contributed by atoms with E-state index in [0.29, 0.717) is 11.5 Å². The molecule has 0 atom stereocenters. The van der Waals surface area contributed by atoms with Gasteiger partial charge in [-0.3, -0.25) is 0 Å². The standard InChI is InChI=1S/C16H16N2O4/c19-15(21-13-7-3-1-4-8-13)17-11-12-18-16(20)22-14-9-5-2-6-10-14/h1-10H,11-12H2,(H,17,19)(H,18,20). The molecule has 0 aliphatic carbocycles. The summed E-state index contributed by atoms with van der Waals surface area (Å²) in [5.41, 5.74) is 0. The number of amides is 2. The Balaban J connectivity index is 1.60. The van der Waals surface area contributed by atoms with Crippen molar-refractivity contribution in [2.75, 3.05) is 13.1 Å². The van der Waals surface area contributed by atoms with Crippen molar-refractivity contribution in [2.24, 2.45) is 0 Å². The van der Waals surface area contributed by atoms with Crippen LogP contribution in [0.25, 0.3) is 0 Å². The van der Waals surface area contributed by atoms with Crippen molar-refractivity contribution in [3.63, 3.8) is 0 Å². The summed E-state index contributed by atoms with van der Waals surface area (Å²) < 4.78 is 10.0. The minimum Gasteiger partial charge on any atom is -0.410 e. The smallest absolute Gasteiger partial charge is 0.410 e. The van der Waals surface area contributed by atoms with E-state index in [1.165, 1.54) is 0 Å². The number of ether oxygens (including phenoxy) is 2. The first kappa shape index (κ1) is 15.4. The first-order valence-corrected chi connectivity index (χ1v) is 6.75. The van der Waals surface area contributed by atoms with Crippen molar-refractivity contribution in [2.45, 2.75) is 0 Å². The first-order chi connectivity index (χ1) is 10.7. The molecule has 2 aromatic carbocycles. The molecule has 0 saturated heterocycles. The second kappa shape index (κ2) is 8.31. The van der Waals surface area contributed by atoms with Crippen molar-refractivity contribution in [1.29, 1.82) is 0 Å². The van der Waals surface area contributed by atoms with Crippen LogP contribution >= 0.6 is 0 Å². The number of nitrogens with one attached hydrogen (secondary N) is 2. The van der Waals surface area contributed by atoms with Gasteiger partial charge in [0.2, 0.25) is 0 Å². The quantitative estimate of drug-likeness (QED) is 0.832. The van der Waals surface area contributed by atoms with E-state index in [1.807, 2.05) is 12.1 Å². The van der Waals surface area contributed by atoms with Gasteiger partial charge in [-0.05, 0) is 24.3 Å². The fraction of sp³-hybridized carbons (Fsp3) is 0.125. The zero-order valence-corrected chi connectivity index (χ0v) is 11.8. The van der Waals surface area contributed by atoms with E-state index in [4.69, 9.17) is 9.47 Å². The molecule has 0 heterocycles. The SMILES string of the molecule is O=C(NCCNC(=O)Oc1ccccc1)Oc1ccccc1.